The van der Waals surface area contributed by atoms with E-state index in [9.17, 15) is 13.6 Å². The second-order valence-corrected chi connectivity index (χ2v) is 11.0. The standard InChI is InChI=1S/C16H14FNO2.C16H14FNOS/c1-16(2)13-9-11(10-3-6-12(17)7-4-10)5-8-14(13)18-15(19)20-16;1-16(2)13-9-11(10-3-6-12(17)7-4-10)5-8-14(13)18-15(20)19-16/h3-9H,1-2H3,(H,18,19);3-9H,1-2H3,(H,18,20). The Hall–Kier alpha value is -4.30. The van der Waals surface area contributed by atoms with Gasteiger partial charge in [-0.15, -0.1) is 0 Å². The molecule has 2 N–H and O–H groups in total. The number of amides is 1. The molecule has 0 unspecified atom stereocenters. The highest BCUT2D eigenvalue weighted by atomic mass is 32.1. The lowest BCUT2D eigenvalue weighted by molar-refractivity contribution is 0.0421. The van der Waals surface area contributed by atoms with Gasteiger partial charge in [0.05, 0.1) is 5.69 Å². The van der Waals surface area contributed by atoms with E-state index in [1.807, 2.05) is 58.0 Å². The van der Waals surface area contributed by atoms with Crippen LogP contribution in [0.2, 0.25) is 0 Å². The molecule has 6 rings (SSSR count). The molecule has 8 heteroatoms. The predicted octanol–water partition coefficient (Wildman–Crippen LogP) is 8.74. The topological polar surface area (TPSA) is 59.6 Å². The molecule has 0 bridgehead atoms. The van der Waals surface area contributed by atoms with Crippen LogP contribution in [0.5, 0.6) is 0 Å². The van der Waals surface area contributed by atoms with Gasteiger partial charge in [-0.3, -0.25) is 5.32 Å². The number of nitrogens with one attached hydrogen (secondary N) is 2. The first-order valence-corrected chi connectivity index (χ1v) is 13.1. The van der Waals surface area contributed by atoms with E-state index in [0.717, 1.165) is 44.8 Å². The maximum absolute atomic E-state index is 13.0. The Balaban J connectivity index is 0.000000161. The lowest BCUT2D eigenvalue weighted by Gasteiger charge is -2.34. The van der Waals surface area contributed by atoms with E-state index in [0.29, 0.717) is 5.17 Å². The highest BCUT2D eigenvalue weighted by Gasteiger charge is 2.34. The SMILES string of the molecule is CC1(C)OC(=O)Nc2ccc(-c3ccc(F)cc3)cc21.CC1(C)OC(=S)Nc2ccc(-c3ccc(F)cc3)cc21. The highest BCUT2D eigenvalue weighted by Crippen LogP contribution is 2.39. The fourth-order valence-electron chi connectivity index (χ4n) is 4.79. The van der Waals surface area contributed by atoms with Gasteiger partial charge in [0.2, 0.25) is 0 Å². The van der Waals surface area contributed by atoms with Crippen molar-refractivity contribution < 1.29 is 23.0 Å². The summed E-state index contributed by atoms with van der Waals surface area (Å²) in [4.78, 5) is 11.5. The van der Waals surface area contributed by atoms with Crippen LogP contribution in [-0.2, 0) is 20.7 Å². The van der Waals surface area contributed by atoms with Crippen LogP contribution in [0, 0.1) is 11.6 Å². The van der Waals surface area contributed by atoms with Crippen LogP contribution in [0.25, 0.3) is 22.3 Å². The van der Waals surface area contributed by atoms with E-state index in [-0.39, 0.29) is 11.6 Å². The molecule has 0 aromatic heterocycles. The minimum Gasteiger partial charge on any atom is -0.460 e. The number of hydrogen-bond acceptors (Lipinski definition) is 4. The lowest BCUT2D eigenvalue weighted by Crippen LogP contribution is -2.34. The van der Waals surface area contributed by atoms with Crippen LogP contribution in [0.3, 0.4) is 0 Å². The average Bonchev–Trinajstić information content (AvgIpc) is 2.89. The molecule has 1 amide bonds. The van der Waals surface area contributed by atoms with Crippen molar-refractivity contribution in [1.82, 2.24) is 0 Å². The zero-order valence-electron chi connectivity index (χ0n) is 22.5. The summed E-state index contributed by atoms with van der Waals surface area (Å²) in [5.41, 5.74) is 6.34. The van der Waals surface area contributed by atoms with Gasteiger partial charge in [0, 0.05) is 16.8 Å². The zero-order chi connectivity index (χ0) is 28.7. The normalized spacial score (nSPS) is 16.1. The molecule has 2 aliphatic rings. The molecule has 0 fully saturated rings. The van der Waals surface area contributed by atoms with Gasteiger partial charge >= 0.3 is 6.09 Å². The van der Waals surface area contributed by atoms with Gasteiger partial charge in [-0.05, 0) is 111 Å². The van der Waals surface area contributed by atoms with Crippen molar-refractivity contribution in [3.63, 3.8) is 0 Å². The molecule has 0 aliphatic carbocycles. The molecular weight excluding hydrogens is 530 g/mol. The van der Waals surface area contributed by atoms with Crippen molar-refractivity contribution in [2.75, 3.05) is 10.6 Å². The second-order valence-electron chi connectivity index (χ2n) is 10.6. The number of benzene rings is 4. The van der Waals surface area contributed by atoms with Crippen molar-refractivity contribution >= 4 is 34.9 Å². The van der Waals surface area contributed by atoms with E-state index in [2.05, 4.69) is 16.7 Å². The van der Waals surface area contributed by atoms with Crippen molar-refractivity contribution in [3.05, 3.63) is 108 Å². The van der Waals surface area contributed by atoms with Crippen molar-refractivity contribution in [2.24, 2.45) is 0 Å². The van der Waals surface area contributed by atoms with Gasteiger partial charge in [0.1, 0.15) is 22.8 Å². The summed E-state index contributed by atoms with van der Waals surface area (Å²) in [7, 11) is 0. The number of rotatable bonds is 2. The lowest BCUT2D eigenvalue weighted by atomic mass is 9.91. The monoisotopic (exact) mass is 558 g/mol. The molecule has 0 radical (unpaired) electrons. The highest BCUT2D eigenvalue weighted by molar-refractivity contribution is 7.80. The zero-order valence-corrected chi connectivity index (χ0v) is 23.3. The Kier molecular flexibility index (Phi) is 7.06. The Labute approximate surface area is 237 Å². The quantitative estimate of drug-likeness (QED) is 0.241. The Morgan fingerprint density at radius 1 is 0.600 bits per heavy atom. The van der Waals surface area contributed by atoms with Gasteiger partial charge in [-0.25, -0.2) is 13.6 Å². The van der Waals surface area contributed by atoms with E-state index < -0.39 is 17.3 Å². The van der Waals surface area contributed by atoms with Crippen LogP contribution >= 0.6 is 12.2 Å². The third kappa shape index (κ3) is 5.67. The summed E-state index contributed by atoms with van der Waals surface area (Å²) in [6, 6.07) is 24.5. The molecule has 2 heterocycles. The molecule has 204 valence electrons. The molecule has 0 saturated carbocycles. The Bertz CT molecular complexity index is 1480. The van der Waals surface area contributed by atoms with Gasteiger partial charge in [-0.2, -0.15) is 0 Å². The molecule has 0 spiro atoms. The molecule has 0 atom stereocenters. The first-order chi connectivity index (χ1) is 18.9. The largest absolute Gasteiger partial charge is 0.460 e. The second kappa shape index (κ2) is 10.4. The van der Waals surface area contributed by atoms with E-state index in [4.69, 9.17) is 21.7 Å². The third-order valence-electron chi connectivity index (χ3n) is 6.86. The van der Waals surface area contributed by atoms with Crippen LogP contribution in [0.1, 0.15) is 38.8 Å². The number of cyclic esters (lactones) is 1. The summed E-state index contributed by atoms with van der Waals surface area (Å²) in [6.45, 7) is 7.65. The molecule has 4 aromatic carbocycles. The maximum Gasteiger partial charge on any atom is 0.412 e. The summed E-state index contributed by atoms with van der Waals surface area (Å²) in [5.74, 6) is -0.495. The minimum absolute atomic E-state index is 0.234. The van der Waals surface area contributed by atoms with Gasteiger partial charge in [0.25, 0.3) is 5.17 Å². The molecular formula is C32H28F2N2O3S. The van der Waals surface area contributed by atoms with Crippen molar-refractivity contribution in [3.8, 4) is 22.3 Å². The number of carbonyl (C=O) groups is 1. The van der Waals surface area contributed by atoms with Gasteiger partial charge in [-0.1, -0.05) is 36.4 Å². The fraction of sp³-hybridized carbons (Fsp3) is 0.188. The fourth-order valence-corrected chi connectivity index (χ4v) is 5.11. The molecule has 4 aromatic rings. The van der Waals surface area contributed by atoms with Crippen LogP contribution in [-0.4, -0.2) is 11.3 Å². The molecule has 0 saturated heterocycles. The van der Waals surface area contributed by atoms with Crippen molar-refractivity contribution in [1.29, 1.82) is 0 Å². The first-order valence-electron chi connectivity index (χ1n) is 12.7. The minimum atomic E-state index is -0.687. The van der Waals surface area contributed by atoms with Gasteiger partial charge in [0.15, 0.2) is 0 Å². The first kappa shape index (κ1) is 27.3. The van der Waals surface area contributed by atoms with E-state index in [1.165, 1.54) is 24.3 Å². The number of hydrogen-bond donors (Lipinski definition) is 2. The number of thiocarbonyl (C=S) groups is 1. The number of fused-ring (bicyclic) bond motifs is 2. The number of anilines is 2. The summed E-state index contributed by atoms with van der Waals surface area (Å²) >= 11 is 5.10. The Morgan fingerprint density at radius 3 is 1.48 bits per heavy atom. The maximum atomic E-state index is 13.0. The number of halogens is 2. The summed E-state index contributed by atoms with van der Waals surface area (Å²) in [6.07, 6.45) is -0.447. The molecule has 40 heavy (non-hydrogen) atoms. The number of carbonyl (C=O) groups excluding carboxylic acids is 1. The van der Waals surface area contributed by atoms with Crippen LogP contribution in [0.15, 0.2) is 84.9 Å². The summed E-state index contributed by atoms with van der Waals surface area (Å²) in [5, 5.41) is 6.12. The van der Waals surface area contributed by atoms with Gasteiger partial charge < -0.3 is 14.8 Å². The smallest absolute Gasteiger partial charge is 0.412 e. The van der Waals surface area contributed by atoms with Crippen LogP contribution < -0.4 is 10.6 Å². The summed E-state index contributed by atoms with van der Waals surface area (Å²) < 4.78 is 36.9. The Morgan fingerprint density at radius 2 is 1.00 bits per heavy atom. The van der Waals surface area contributed by atoms with Crippen LogP contribution in [0.4, 0.5) is 25.0 Å². The van der Waals surface area contributed by atoms with E-state index in [1.54, 1.807) is 24.3 Å². The van der Waals surface area contributed by atoms with E-state index >= 15 is 0 Å². The number of ether oxygens (including phenoxy) is 2. The predicted molar refractivity (Wildman–Crippen MR) is 157 cm³/mol. The molecule has 2 aliphatic heterocycles. The van der Waals surface area contributed by atoms with Crippen molar-refractivity contribution in [2.45, 2.75) is 38.9 Å². The molecule has 5 nitrogen and oxygen atoms in total. The average molecular weight is 559 g/mol. The third-order valence-corrected chi connectivity index (χ3v) is 7.05.